The molecule has 19 heavy (non-hydrogen) atoms. The minimum atomic E-state index is -1.35. The number of aromatic nitrogens is 2. The van der Waals surface area contributed by atoms with Crippen LogP contribution < -0.4 is 5.73 Å². The number of alkyl halides is 1. The third kappa shape index (κ3) is 2.78. The van der Waals surface area contributed by atoms with Crippen LogP contribution in [0.15, 0.2) is 24.3 Å². The van der Waals surface area contributed by atoms with Crippen LogP contribution in [0.3, 0.4) is 0 Å². The minimum Gasteiger partial charge on any atom is -0.328 e. The van der Waals surface area contributed by atoms with Gasteiger partial charge in [-0.15, -0.1) is 0 Å². The fourth-order valence-electron chi connectivity index (χ4n) is 2.36. The number of fused-ring (bicyclic) bond motifs is 1. The van der Waals surface area contributed by atoms with E-state index in [-0.39, 0.29) is 13.0 Å². The van der Waals surface area contributed by atoms with Crippen LogP contribution in [0.1, 0.15) is 32.5 Å². The predicted octanol–water partition coefficient (Wildman–Crippen LogP) is 3.07. The van der Waals surface area contributed by atoms with Crippen LogP contribution >= 0.6 is 0 Å². The number of rotatable bonds is 6. The van der Waals surface area contributed by atoms with Gasteiger partial charge < -0.3 is 10.3 Å². The fourth-order valence-corrected chi connectivity index (χ4v) is 2.36. The third-order valence-electron chi connectivity index (χ3n) is 3.66. The van der Waals surface area contributed by atoms with Crippen molar-refractivity contribution in [2.75, 3.05) is 6.54 Å². The zero-order valence-electron chi connectivity index (χ0n) is 11.7. The zero-order valence-corrected chi connectivity index (χ0v) is 11.7. The van der Waals surface area contributed by atoms with Gasteiger partial charge in [0.15, 0.2) is 0 Å². The molecule has 1 aromatic carbocycles. The first-order valence-electron chi connectivity index (χ1n) is 6.96. The number of hydrogen-bond acceptors (Lipinski definition) is 2. The predicted molar refractivity (Wildman–Crippen MR) is 76.9 cm³/mol. The monoisotopic (exact) mass is 263 g/mol. The van der Waals surface area contributed by atoms with Crippen LogP contribution in [0.2, 0.25) is 0 Å². The van der Waals surface area contributed by atoms with E-state index in [1.807, 2.05) is 31.2 Å². The van der Waals surface area contributed by atoms with Gasteiger partial charge in [-0.3, -0.25) is 0 Å². The molecule has 0 radical (unpaired) electrons. The normalized spacial score (nSPS) is 14.7. The highest BCUT2D eigenvalue weighted by molar-refractivity contribution is 5.75. The number of halogens is 1. The smallest absolute Gasteiger partial charge is 0.129 e. The molecule has 0 saturated carbocycles. The molecule has 3 nitrogen and oxygen atoms in total. The van der Waals surface area contributed by atoms with Crippen molar-refractivity contribution in [3.05, 3.63) is 30.1 Å². The minimum absolute atomic E-state index is 0.0405. The summed E-state index contributed by atoms with van der Waals surface area (Å²) in [5.74, 6) is 0.804. The second kappa shape index (κ2) is 5.70. The third-order valence-corrected chi connectivity index (χ3v) is 3.66. The van der Waals surface area contributed by atoms with Crippen molar-refractivity contribution < 1.29 is 4.39 Å². The van der Waals surface area contributed by atoms with Crippen molar-refractivity contribution in [1.29, 1.82) is 0 Å². The van der Waals surface area contributed by atoms with Crippen LogP contribution in [0, 0.1) is 0 Å². The molecule has 0 bridgehead atoms. The molecule has 0 amide bonds. The lowest BCUT2D eigenvalue weighted by Crippen LogP contribution is -2.35. The molecule has 0 fully saturated rings. The van der Waals surface area contributed by atoms with E-state index in [0.29, 0.717) is 6.42 Å². The quantitative estimate of drug-likeness (QED) is 0.870. The Morgan fingerprint density at radius 2 is 2.05 bits per heavy atom. The maximum Gasteiger partial charge on any atom is 0.129 e. The van der Waals surface area contributed by atoms with E-state index < -0.39 is 5.67 Å². The average Bonchev–Trinajstić information content (AvgIpc) is 2.77. The van der Waals surface area contributed by atoms with Crippen LogP contribution in [-0.2, 0) is 13.0 Å². The number of hydrogen-bond donors (Lipinski definition) is 1. The first-order chi connectivity index (χ1) is 9.13. The number of para-hydroxylation sites is 2. The maximum atomic E-state index is 14.5. The highest BCUT2D eigenvalue weighted by Gasteiger charge is 2.28. The van der Waals surface area contributed by atoms with Gasteiger partial charge in [-0.2, -0.15) is 0 Å². The van der Waals surface area contributed by atoms with Crippen molar-refractivity contribution in [3.8, 4) is 0 Å². The summed E-state index contributed by atoms with van der Waals surface area (Å²) >= 11 is 0. The van der Waals surface area contributed by atoms with Gasteiger partial charge in [0, 0.05) is 19.5 Å². The molecular formula is C15H22FN3. The van der Waals surface area contributed by atoms with Crippen molar-refractivity contribution in [3.63, 3.8) is 0 Å². The van der Waals surface area contributed by atoms with Crippen molar-refractivity contribution in [1.82, 2.24) is 9.55 Å². The van der Waals surface area contributed by atoms with Crippen LogP contribution in [0.5, 0.6) is 0 Å². The van der Waals surface area contributed by atoms with Gasteiger partial charge in [0.1, 0.15) is 11.5 Å². The highest BCUT2D eigenvalue weighted by atomic mass is 19.1. The number of nitrogens with two attached hydrogens (primary N) is 1. The van der Waals surface area contributed by atoms with Gasteiger partial charge in [0.05, 0.1) is 11.0 Å². The summed E-state index contributed by atoms with van der Waals surface area (Å²) < 4.78 is 16.6. The van der Waals surface area contributed by atoms with Gasteiger partial charge in [0.25, 0.3) is 0 Å². The summed E-state index contributed by atoms with van der Waals surface area (Å²) in [5, 5.41) is 0. The summed E-state index contributed by atoms with van der Waals surface area (Å²) in [6.07, 6.45) is 1.70. The van der Waals surface area contributed by atoms with Crippen molar-refractivity contribution >= 4 is 11.0 Å². The van der Waals surface area contributed by atoms with E-state index in [1.165, 1.54) is 0 Å². The van der Waals surface area contributed by atoms with Gasteiger partial charge in [-0.25, -0.2) is 9.37 Å². The maximum absolute atomic E-state index is 14.5. The Bertz CT molecular complexity index is 543. The molecule has 1 heterocycles. The van der Waals surface area contributed by atoms with Crippen LogP contribution in [0.25, 0.3) is 11.0 Å². The summed E-state index contributed by atoms with van der Waals surface area (Å²) in [6.45, 7) is 4.85. The largest absolute Gasteiger partial charge is 0.328 e. The summed E-state index contributed by atoms with van der Waals surface area (Å²) in [6, 6.07) is 7.96. The molecule has 1 atom stereocenters. The number of benzene rings is 1. The molecule has 1 aromatic heterocycles. The lowest BCUT2D eigenvalue weighted by Gasteiger charge is -2.21. The molecule has 0 aliphatic rings. The zero-order chi connectivity index (χ0) is 13.9. The molecule has 2 aromatic rings. The Kier molecular flexibility index (Phi) is 4.20. The Labute approximate surface area is 113 Å². The number of nitrogens with zero attached hydrogens (tertiary/aromatic N) is 2. The van der Waals surface area contributed by atoms with Gasteiger partial charge in [-0.05, 0) is 25.0 Å². The Hall–Kier alpha value is -1.42. The Morgan fingerprint density at radius 3 is 2.68 bits per heavy atom. The molecule has 0 aliphatic carbocycles. The van der Waals surface area contributed by atoms with Gasteiger partial charge >= 0.3 is 0 Å². The first-order valence-corrected chi connectivity index (χ1v) is 6.96. The van der Waals surface area contributed by atoms with Crippen LogP contribution in [0.4, 0.5) is 4.39 Å². The molecule has 0 saturated heterocycles. The summed E-state index contributed by atoms with van der Waals surface area (Å²) in [5.41, 5.74) is 6.23. The number of imidazole rings is 1. The first kappa shape index (κ1) is 14.0. The van der Waals surface area contributed by atoms with E-state index in [0.717, 1.165) is 29.8 Å². The van der Waals surface area contributed by atoms with Gasteiger partial charge in [0.2, 0.25) is 0 Å². The lowest BCUT2D eigenvalue weighted by molar-refractivity contribution is 0.162. The van der Waals surface area contributed by atoms with E-state index in [1.54, 1.807) is 0 Å². The highest BCUT2D eigenvalue weighted by Crippen LogP contribution is 2.24. The van der Waals surface area contributed by atoms with E-state index >= 15 is 0 Å². The second-order valence-corrected chi connectivity index (χ2v) is 5.05. The summed E-state index contributed by atoms with van der Waals surface area (Å²) in [4.78, 5) is 4.58. The van der Waals surface area contributed by atoms with Crippen molar-refractivity contribution in [2.24, 2.45) is 5.73 Å². The van der Waals surface area contributed by atoms with Crippen LogP contribution in [-0.4, -0.2) is 21.8 Å². The Balaban J connectivity index is 2.44. The SMILES string of the molecule is CCCn1c(CC(F)(CC)CN)nc2ccccc21. The standard InChI is InChI=1S/C15H22FN3/c1-3-9-19-13-8-6-5-7-12(13)18-14(19)10-15(16,4-2)11-17/h5-8H,3-4,9-11,17H2,1-2H3. The molecule has 2 rings (SSSR count). The lowest BCUT2D eigenvalue weighted by atomic mass is 9.98. The van der Waals surface area contributed by atoms with Crippen molar-refractivity contribution in [2.45, 2.75) is 45.3 Å². The molecule has 1 unspecified atom stereocenters. The van der Waals surface area contributed by atoms with E-state index in [4.69, 9.17) is 5.73 Å². The van der Waals surface area contributed by atoms with E-state index in [9.17, 15) is 4.39 Å². The molecular weight excluding hydrogens is 241 g/mol. The molecule has 0 aliphatic heterocycles. The Morgan fingerprint density at radius 1 is 1.32 bits per heavy atom. The molecule has 0 spiro atoms. The second-order valence-electron chi connectivity index (χ2n) is 5.05. The average molecular weight is 263 g/mol. The topological polar surface area (TPSA) is 43.8 Å². The van der Waals surface area contributed by atoms with E-state index in [2.05, 4.69) is 16.5 Å². The van der Waals surface area contributed by atoms with Gasteiger partial charge in [-0.1, -0.05) is 26.0 Å². The molecule has 2 N–H and O–H groups in total. The molecule has 4 heteroatoms. The molecule has 104 valence electrons. The fraction of sp³-hybridized carbons (Fsp3) is 0.533. The number of aryl methyl sites for hydroxylation is 1. The summed E-state index contributed by atoms with van der Waals surface area (Å²) in [7, 11) is 0.